The van der Waals surface area contributed by atoms with Crippen LogP contribution in [0, 0.1) is 5.41 Å². The van der Waals surface area contributed by atoms with Gasteiger partial charge in [-0.05, 0) is 0 Å². The van der Waals surface area contributed by atoms with Gasteiger partial charge in [0, 0.05) is 12.0 Å². The van der Waals surface area contributed by atoms with Gasteiger partial charge in [0.15, 0.2) is 0 Å². The molecule has 1 rings (SSSR count). The molecule has 1 N–H and O–H groups in total. The molecule has 4 nitrogen and oxygen atoms in total. The zero-order valence-electron chi connectivity index (χ0n) is 7.70. The van der Waals surface area contributed by atoms with Gasteiger partial charge in [-0.2, -0.15) is 0 Å². The number of methoxy groups -OCH3 is 1. The van der Waals surface area contributed by atoms with E-state index in [-0.39, 0.29) is 11.5 Å². The van der Waals surface area contributed by atoms with Crippen LogP contribution in [0.25, 0.3) is 0 Å². The van der Waals surface area contributed by atoms with Crippen LogP contribution in [0.2, 0.25) is 0 Å². The zero-order chi connectivity index (χ0) is 9.35. The number of β-amino-alcohol motifs (C(OH)–C–C–N with tert-alkyl or cyclic N) is 1. The lowest BCUT2D eigenvalue weighted by Gasteiger charge is -2.20. The van der Waals surface area contributed by atoms with Gasteiger partial charge >= 0.3 is 6.09 Å². The fraction of sp³-hybridized carbons (Fsp3) is 0.875. The normalized spacial score (nSPS) is 27.3. The van der Waals surface area contributed by atoms with Gasteiger partial charge in [-0.25, -0.2) is 4.79 Å². The summed E-state index contributed by atoms with van der Waals surface area (Å²) >= 11 is 0. The second-order valence-electron chi connectivity index (χ2n) is 3.85. The van der Waals surface area contributed by atoms with Crippen molar-refractivity contribution < 1.29 is 14.6 Å². The molecule has 0 spiro atoms. The quantitative estimate of drug-likeness (QED) is 0.578. The number of aliphatic hydroxyl groups is 1. The van der Waals surface area contributed by atoms with Gasteiger partial charge in [0.05, 0.1) is 19.8 Å². The SMILES string of the molecule is COC(=O)N1CC(O)C(C)(C)C1. The smallest absolute Gasteiger partial charge is 0.409 e. The van der Waals surface area contributed by atoms with Crippen LogP contribution in [0.4, 0.5) is 4.79 Å². The van der Waals surface area contributed by atoms with Crippen molar-refractivity contribution in [3.05, 3.63) is 0 Å². The number of ether oxygens (including phenoxy) is 1. The fourth-order valence-corrected chi connectivity index (χ4v) is 1.39. The minimum absolute atomic E-state index is 0.214. The summed E-state index contributed by atoms with van der Waals surface area (Å²) in [6, 6.07) is 0. The van der Waals surface area contributed by atoms with Gasteiger partial charge in [0.1, 0.15) is 0 Å². The summed E-state index contributed by atoms with van der Waals surface area (Å²) in [6.45, 7) is 4.79. The van der Waals surface area contributed by atoms with E-state index in [1.165, 1.54) is 12.0 Å². The number of nitrogens with zero attached hydrogens (tertiary/aromatic N) is 1. The number of aliphatic hydroxyl groups excluding tert-OH is 1. The number of carbonyl (C=O) groups is 1. The lowest BCUT2D eigenvalue weighted by Crippen LogP contribution is -2.29. The van der Waals surface area contributed by atoms with E-state index in [1.54, 1.807) is 0 Å². The molecular formula is C8H15NO3. The Morgan fingerprint density at radius 1 is 1.67 bits per heavy atom. The summed E-state index contributed by atoms with van der Waals surface area (Å²) in [7, 11) is 1.35. The molecule has 0 radical (unpaired) electrons. The number of rotatable bonds is 0. The van der Waals surface area contributed by atoms with Gasteiger partial charge in [-0.3, -0.25) is 0 Å². The predicted octanol–water partition coefficient (Wildman–Crippen LogP) is 0.456. The molecule has 70 valence electrons. The van der Waals surface area contributed by atoms with Crippen LogP contribution in [0.5, 0.6) is 0 Å². The summed E-state index contributed by atoms with van der Waals surface area (Å²) in [6.07, 6.45) is -0.809. The molecule has 1 fully saturated rings. The molecule has 1 aliphatic heterocycles. The van der Waals surface area contributed by atoms with Gasteiger partial charge in [0.25, 0.3) is 0 Å². The van der Waals surface area contributed by atoms with E-state index in [2.05, 4.69) is 4.74 Å². The first-order valence-electron chi connectivity index (χ1n) is 3.98. The van der Waals surface area contributed by atoms with Crippen molar-refractivity contribution in [2.75, 3.05) is 20.2 Å². The highest BCUT2D eigenvalue weighted by molar-refractivity contribution is 5.68. The maximum atomic E-state index is 11.0. The molecule has 0 aliphatic carbocycles. The molecule has 1 heterocycles. The highest BCUT2D eigenvalue weighted by Crippen LogP contribution is 2.29. The summed E-state index contributed by atoms with van der Waals surface area (Å²) in [5, 5.41) is 9.52. The van der Waals surface area contributed by atoms with Crippen molar-refractivity contribution in [2.24, 2.45) is 5.41 Å². The van der Waals surface area contributed by atoms with Crippen molar-refractivity contribution in [2.45, 2.75) is 20.0 Å². The molecule has 1 atom stereocenters. The summed E-state index contributed by atoms with van der Waals surface area (Å²) in [5.74, 6) is 0. The molecular weight excluding hydrogens is 158 g/mol. The number of amides is 1. The lowest BCUT2D eigenvalue weighted by molar-refractivity contribution is 0.0946. The largest absolute Gasteiger partial charge is 0.453 e. The first kappa shape index (κ1) is 9.32. The Morgan fingerprint density at radius 2 is 2.25 bits per heavy atom. The van der Waals surface area contributed by atoms with Crippen LogP contribution in [-0.4, -0.2) is 42.4 Å². The molecule has 0 aromatic rings. The Hall–Kier alpha value is -0.770. The minimum Gasteiger partial charge on any atom is -0.453 e. The Bertz CT molecular complexity index is 191. The maximum absolute atomic E-state index is 11.0. The molecule has 1 unspecified atom stereocenters. The molecule has 4 heteroatoms. The third-order valence-electron chi connectivity index (χ3n) is 2.33. The maximum Gasteiger partial charge on any atom is 0.409 e. The van der Waals surface area contributed by atoms with Crippen molar-refractivity contribution in [1.82, 2.24) is 4.90 Å². The second-order valence-corrected chi connectivity index (χ2v) is 3.85. The lowest BCUT2D eigenvalue weighted by atomic mass is 9.90. The molecule has 0 saturated carbocycles. The third kappa shape index (κ3) is 1.53. The molecule has 0 aromatic heterocycles. The molecule has 0 aromatic carbocycles. The van der Waals surface area contributed by atoms with E-state index in [1.807, 2.05) is 13.8 Å². The predicted molar refractivity (Wildman–Crippen MR) is 43.8 cm³/mol. The van der Waals surface area contributed by atoms with Gasteiger partial charge in [0.2, 0.25) is 0 Å². The van der Waals surface area contributed by atoms with Crippen LogP contribution in [0.3, 0.4) is 0 Å². The van der Waals surface area contributed by atoms with E-state index in [4.69, 9.17) is 0 Å². The van der Waals surface area contributed by atoms with E-state index >= 15 is 0 Å². The minimum atomic E-state index is -0.448. The molecule has 0 bridgehead atoms. The topological polar surface area (TPSA) is 49.8 Å². The molecule has 12 heavy (non-hydrogen) atoms. The van der Waals surface area contributed by atoms with Crippen molar-refractivity contribution in [1.29, 1.82) is 0 Å². The number of hydrogen-bond donors (Lipinski definition) is 1. The van der Waals surface area contributed by atoms with Crippen LogP contribution < -0.4 is 0 Å². The van der Waals surface area contributed by atoms with Gasteiger partial charge < -0.3 is 14.7 Å². The van der Waals surface area contributed by atoms with E-state index in [0.29, 0.717) is 13.1 Å². The fourth-order valence-electron chi connectivity index (χ4n) is 1.39. The number of hydrogen-bond acceptors (Lipinski definition) is 3. The molecule has 1 saturated heterocycles. The summed E-state index contributed by atoms with van der Waals surface area (Å²) < 4.78 is 4.55. The Balaban J connectivity index is 2.60. The molecule has 1 amide bonds. The van der Waals surface area contributed by atoms with Crippen LogP contribution in [0.1, 0.15) is 13.8 Å². The van der Waals surface area contributed by atoms with Crippen molar-refractivity contribution in [3.8, 4) is 0 Å². The standard InChI is InChI=1S/C8H15NO3/c1-8(2)5-9(4-6(8)10)7(11)12-3/h6,10H,4-5H2,1-3H3. The monoisotopic (exact) mass is 173 g/mol. The van der Waals surface area contributed by atoms with Crippen molar-refractivity contribution >= 4 is 6.09 Å². The van der Waals surface area contributed by atoms with Crippen LogP contribution in [0.15, 0.2) is 0 Å². The zero-order valence-corrected chi connectivity index (χ0v) is 7.70. The third-order valence-corrected chi connectivity index (χ3v) is 2.33. The Labute approximate surface area is 72.1 Å². The summed E-state index contributed by atoms with van der Waals surface area (Å²) in [4.78, 5) is 12.6. The van der Waals surface area contributed by atoms with Gasteiger partial charge in [-0.1, -0.05) is 13.8 Å². The summed E-state index contributed by atoms with van der Waals surface area (Å²) in [5.41, 5.74) is -0.214. The van der Waals surface area contributed by atoms with E-state index < -0.39 is 6.10 Å². The van der Waals surface area contributed by atoms with Crippen LogP contribution >= 0.6 is 0 Å². The highest BCUT2D eigenvalue weighted by Gasteiger charge is 2.40. The second kappa shape index (κ2) is 2.94. The average molecular weight is 173 g/mol. The number of likely N-dealkylation sites (tertiary alicyclic amines) is 1. The van der Waals surface area contributed by atoms with Crippen LogP contribution in [-0.2, 0) is 4.74 Å². The average Bonchev–Trinajstić information content (AvgIpc) is 2.25. The van der Waals surface area contributed by atoms with E-state index in [9.17, 15) is 9.90 Å². The first-order chi connectivity index (χ1) is 5.47. The Morgan fingerprint density at radius 3 is 2.58 bits per heavy atom. The van der Waals surface area contributed by atoms with Gasteiger partial charge in [-0.15, -0.1) is 0 Å². The van der Waals surface area contributed by atoms with E-state index in [0.717, 1.165) is 0 Å². The first-order valence-corrected chi connectivity index (χ1v) is 3.98. The number of carbonyl (C=O) groups excluding carboxylic acids is 1. The Kier molecular flexibility index (Phi) is 2.28. The molecule has 1 aliphatic rings. The van der Waals surface area contributed by atoms with Crippen molar-refractivity contribution in [3.63, 3.8) is 0 Å². The highest BCUT2D eigenvalue weighted by atomic mass is 16.5.